The number of alkyl halides is 3. The first-order chi connectivity index (χ1) is 12.8. The van der Waals surface area contributed by atoms with Gasteiger partial charge in [0.15, 0.2) is 0 Å². The van der Waals surface area contributed by atoms with Crippen LogP contribution in [-0.2, 0) is 10.0 Å². The van der Waals surface area contributed by atoms with E-state index in [0.29, 0.717) is 15.9 Å². The largest absolute Gasteiger partial charge is 0.518 e. The number of nitrogens with zero attached hydrogens (tertiary/aromatic N) is 1. The van der Waals surface area contributed by atoms with Gasteiger partial charge in [0.2, 0.25) is 0 Å². The topological polar surface area (TPSA) is 46.5 Å². The van der Waals surface area contributed by atoms with Crippen molar-refractivity contribution in [3.05, 3.63) is 91.0 Å². The Kier molecular flexibility index (Phi) is 5.27. The minimum Gasteiger partial charge on any atom is -0.195 e. The Morgan fingerprint density at radius 1 is 0.630 bits per heavy atom. The number of halogens is 3. The average molecular weight is 409 g/mol. The fourth-order valence-electron chi connectivity index (χ4n) is 2.73. The Balaban J connectivity index is 2.53. The lowest BCUT2D eigenvalue weighted by atomic mass is 10.4. The molecule has 0 aliphatic heterocycles. The molecule has 0 fully saturated rings. The smallest absolute Gasteiger partial charge is 0.195 e. The molecule has 0 atom stereocenters. The van der Waals surface area contributed by atoms with E-state index >= 15 is 0 Å². The lowest BCUT2D eigenvalue weighted by molar-refractivity contribution is -0.0434. The van der Waals surface area contributed by atoms with Crippen molar-refractivity contribution in [3.8, 4) is 0 Å². The summed E-state index contributed by atoms with van der Waals surface area (Å²) in [6.07, 6.45) is 0. The molecule has 0 aliphatic carbocycles. The molecule has 3 rings (SSSR count). The molecular formula is C19H15F3NO2PS. The summed E-state index contributed by atoms with van der Waals surface area (Å²) in [5, 5.41) is 1.28. The van der Waals surface area contributed by atoms with Gasteiger partial charge >= 0.3 is 15.5 Å². The standard InChI is InChI=1S/C19H15F3NO2PS/c20-19(21,22)27(24,25)23-26(16-10-4-1-5-11-16,17-12-6-2-7-13-17)18-14-8-3-9-15-18/h1-15H. The van der Waals surface area contributed by atoms with Gasteiger partial charge in [-0.1, -0.05) is 91.0 Å². The highest BCUT2D eigenvalue weighted by Crippen LogP contribution is 2.49. The van der Waals surface area contributed by atoms with Crippen LogP contribution in [0.3, 0.4) is 0 Å². The first-order valence-electron chi connectivity index (χ1n) is 7.89. The van der Waals surface area contributed by atoms with E-state index in [-0.39, 0.29) is 0 Å². The van der Waals surface area contributed by atoms with E-state index in [1.165, 1.54) is 0 Å². The fourth-order valence-corrected chi connectivity index (χ4v) is 8.22. The van der Waals surface area contributed by atoms with Crippen molar-refractivity contribution in [2.24, 2.45) is 4.15 Å². The Labute approximate surface area is 155 Å². The zero-order valence-corrected chi connectivity index (χ0v) is 15.6. The minimum absolute atomic E-state index is 0.426. The van der Waals surface area contributed by atoms with Gasteiger partial charge in [-0.3, -0.25) is 0 Å². The van der Waals surface area contributed by atoms with Gasteiger partial charge in [-0.05, 0) is 0 Å². The number of hydrogen-bond donors (Lipinski definition) is 0. The van der Waals surface area contributed by atoms with Crippen LogP contribution in [0, 0.1) is 0 Å². The van der Waals surface area contributed by atoms with Crippen molar-refractivity contribution in [2.45, 2.75) is 5.51 Å². The number of sulfonamides is 1. The van der Waals surface area contributed by atoms with Crippen molar-refractivity contribution >= 4 is 33.0 Å². The molecule has 0 N–H and O–H groups in total. The lowest BCUT2D eigenvalue weighted by Crippen LogP contribution is -2.29. The van der Waals surface area contributed by atoms with Crippen LogP contribution in [0.5, 0.6) is 0 Å². The quantitative estimate of drug-likeness (QED) is 0.612. The van der Waals surface area contributed by atoms with Gasteiger partial charge in [0, 0.05) is 15.9 Å². The number of benzene rings is 3. The lowest BCUT2D eigenvalue weighted by Gasteiger charge is -2.26. The molecule has 0 saturated heterocycles. The molecular weight excluding hydrogens is 394 g/mol. The highest BCUT2D eigenvalue weighted by Gasteiger charge is 2.48. The third-order valence-corrected chi connectivity index (χ3v) is 9.47. The van der Waals surface area contributed by atoms with Crippen molar-refractivity contribution in [1.82, 2.24) is 0 Å². The zero-order valence-electron chi connectivity index (χ0n) is 13.9. The molecule has 0 bridgehead atoms. The highest BCUT2D eigenvalue weighted by atomic mass is 32.2. The maximum atomic E-state index is 13.2. The highest BCUT2D eigenvalue weighted by molar-refractivity contribution is 8.00. The van der Waals surface area contributed by atoms with Crippen LogP contribution < -0.4 is 15.9 Å². The molecule has 0 amide bonds. The summed E-state index contributed by atoms with van der Waals surface area (Å²) in [6, 6.07) is 24.8. The van der Waals surface area contributed by atoms with E-state index < -0.39 is 22.6 Å². The molecule has 0 aromatic heterocycles. The molecule has 0 unspecified atom stereocenters. The average Bonchev–Trinajstić information content (AvgIpc) is 2.67. The zero-order chi connectivity index (χ0) is 19.5. The van der Waals surface area contributed by atoms with Gasteiger partial charge in [-0.25, -0.2) is 0 Å². The summed E-state index contributed by atoms with van der Waals surface area (Å²) in [7, 11) is -9.18. The van der Waals surface area contributed by atoms with Crippen molar-refractivity contribution < 1.29 is 21.6 Å². The molecule has 3 aromatic rings. The molecule has 140 valence electrons. The predicted octanol–water partition coefficient (Wildman–Crippen LogP) is 4.01. The fraction of sp³-hybridized carbons (Fsp3) is 0.0526. The number of rotatable bonds is 4. The SMILES string of the molecule is O=S(=O)(N=P(c1ccccc1)(c1ccccc1)c1ccccc1)C(F)(F)F. The van der Waals surface area contributed by atoms with Gasteiger partial charge in [0.25, 0.3) is 0 Å². The summed E-state index contributed by atoms with van der Waals surface area (Å²) in [4.78, 5) is 0. The Morgan fingerprint density at radius 3 is 1.19 bits per heavy atom. The molecule has 0 radical (unpaired) electrons. The van der Waals surface area contributed by atoms with Crippen LogP contribution in [0.2, 0.25) is 0 Å². The second kappa shape index (κ2) is 7.33. The van der Waals surface area contributed by atoms with Crippen LogP contribution in [0.15, 0.2) is 95.1 Å². The van der Waals surface area contributed by atoms with E-state index in [4.69, 9.17) is 0 Å². The van der Waals surface area contributed by atoms with Gasteiger partial charge in [0.1, 0.15) is 0 Å². The summed E-state index contributed by atoms with van der Waals surface area (Å²) in [6.45, 7) is 0. The van der Waals surface area contributed by atoms with Gasteiger partial charge in [0.05, 0.1) is 7.05 Å². The Hall–Kier alpha value is -2.37. The third kappa shape index (κ3) is 3.70. The molecule has 8 heteroatoms. The van der Waals surface area contributed by atoms with Crippen molar-refractivity contribution in [1.29, 1.82) is 0 Å². The van der Waals surface area contributed by atoms with Crippen LogP contribution in [-0.4, -0.2) is 13.9 Å². The summed E-state index contributed by atoms with van der Waals surface area (Å²) < 4.78 is 67.6. The summed E-state index contributed by atoms with van der Waals surface area (Å²) in [5.41, 5.74) is -5.48. The van der Waals surface area contributed by atoms with Crippen molar-refractivity contribution in [3.63, 3.8) is 0 Å². The molecule has 0 spiro atoms. The van der Waals surface area contributed by atoms with Crippen molar-refractivity contribution in [2.75, 3.05) is 0 Å². The van der Waals surface area contributed by atoms with E-state index in [2.05, 4.69) is 4.15 Å². The maximum absolute atomic E-state index is 13.2. The van der Waals surface area contributed by atoms with Crippen LogP contribution in [0.1, 0.15) is 0 Å². The van der Waals surface area contributed by atoms with Gasteiger partial charge in [-0.2, -0.15) is 25.7 Å². The van der Waals surface area contributed by atoms with Crippen LogP contribution in [0.4, 0.5) is 13.2 Å². The van der Waals surface area contributed by atoms with E-state index in [1.54, 1.807) is 91.0 Å². The normalized spacial score (nSPS) is 12.6. The van der Waals surface area contributed by atoms with E-state index in [9.17, 15) is 21.6 Å². The molecule has 3 aromatic carbocycles. The molecule has 0 aliphatic rings. The summed E-state index contributed by atoms with van der Waals surface area (Å²) in [5.74, 6) is 0. The molecule has 0 saturated carbocycles. The third-order valence-electron chi connectivity index (χ3n) is 3.91. The molecule has 0 heterocycles. The van der Waals surface area contributed by atoms with E-state index in [1.807, 2.05) is 0 Å². The van der Waals surface area contributed by atoms with Gasteiger partial charge < -0.3 is 0 Å². The van der Waals surface area contributed by atoms with E-state index in [0.717, 1.165) is 0 Å². The van der Waals surface area contributed by atoms with Gasteiger partial charge in [-0.15, -0.1) is 0 Å². The first-order valence-corrected chi connectivity index (χ1v) is 11.1. The minimum atomic E-state index is -5.73. The summed E-state index contributed by atoms with van der Waals surface area (Å²) >= 11 is 0. The second-order valence-electron chi connectivity index (χ2n) is 5.64. The molecule has 27 heavy (non-hydrogen) atoms. The van der Waals surface area contributed by atoms with Crippen LogP contribution >= 0.6 is 7.05 Å². The Bertz CT molecular complexity index is 965. The number of hydrogen-bond acceptors (Lipinski definition) is 2. The monoisotopic (exact) mass is 409 g/mol. The first kappa shape index (κ1) is 19.4. The van der Waals surface area contributed by atoms with Crippen LogP contribution in [0.25, 0.3) is 0 Å². The predicted molar refractivity (Wildman–Crippen MR) is 103 cm³/mol. The molecule has 3 nitrogen and oxygen atoms in total. The second-order valence-corrected chi connectivity index (χ2v) is 10.5. The Morgan fingerprint density at radius 2 is 0.926 bits per heavy atom. The maximum Gasteiger partial charge on any atom is 0.518 e.